The van der Waals surface area contributed by atoms with Crippen molar-refractivity contribution in [2.45, 2.75) is 26.7 Å². The zero-order chi connectivity index (χ0) is 15.1. The van der Waals surface area contributed by atoms with Gasteiger partial charge in [-0.25, -0.2) is 0 Å². The fourth-order valence-corrected chi connectivity index (χ4v) is 2.36. The van der Waals surface area contributed by atoms with Gasteiger partial charge in [0.05, 0.1) is 13.2 Å². The molecule has 0 saturated heterocycles. The fraction of sp³-hybridized carbons (Fsp3) is 0.368. The van der Waals surface area contributed by atoms with Crippen molar-refractivity contribution in [2.75, 3.05) is 13.2 Å². The Kier molecular flexibility index (Phi) is 5.66. The Morgan fingerprint density at radius 3 is 2.67 bits per heavy atom. The SMILES string of the molecule is CCCC(C)COc1ccc2cc(C#CCN)ccc2c1. The first kappa shape index (κ1) is 15.4. The Hall–Kier alpha value is -1.98. The standard InChI is InChI=1S/C19H23NO/c1-3-5-15(2)14-21-19-10-9-17-12-16(6-4-11-20)7-8-18(17)13-19/h7-10,12-13,15H,3,5,11,14,20H2,1-2H3. The van der Waals surface area contributed by atoms with Crippen molar-refractivity contribution >= 4 is 10.8 Å². The van der Waals surface area contributed by atoms with E-state index in [9.17, 15) is 0 Å². The maximum atomic E-state index is 5.88. The molecule has 0 bridgehead atoms. The van der Waals surface area contributed by atoms with Crippen molar-refractivity contribution < 1.29 is 4.74 Å². The summed E-state index contributed by atoms with van der Waals surface area (Å²) in [6.07, 6.45) is 2.41. The molecule has 0 aliphatic carbocycles. The Morgan fingerprint density at radius 1 is 1.14 bits per heavy atom. The third-order valence-corrected chi connectivity index (χ3v) is 3.46. The van der Waals surface area contributed by atoms with Gasteiger partial charge in [-0.15, -0.1) is 0 Å². The average molecular weight is 281 g/mol. The van der Waals surface area contributed by atoms with Crippen molar-refractivity contribution in [1.82, 2.24) is 0 Å². The summed E-state index contributed by atoms with van der Waals surface area (Å²) in [7, 11) is 0. The second kappa shape index (κ2) is 7.71. The molecule has 0 fully saturated rings. The second-order valence-electron chi connectivity index (χ2n) is 5.43. The Morgan fingerprint density at radius 2 is 1.90 bits per heavy atom. The average Bonchev–Trinajstić information content (AvgIpc) is 2.51. The third kappa shape index (κ3) is 4.51. The first-order chi connectivity index (χ1) is 10.2. The van der Waals surface area contributed by atoms with Crippen molar-refractivity contribution in [3.8, 4) is 17.6 Å². The Bertz CT molecular complexity index is 651. The molecular weight excluding hydrogens is 258 g/mol. The van der Waals surface area contributed by atoms with Gasteiger partial charge in [0.2, 0.25) is 0 Å². The minimum Gasteiger partial charge on any atom is -0.493 e. The monoisotopic (exact) mass is 281 g/mol. The smallest absolute Gasteiger partial charge is 0.119 e. The zero-order valence-electron chi connectivity index (χ0n) is 12.9. The molecular formula is C19H23NO. The van der Waals surface area contributed by atoms with E-state index in [1.807, 2.05) is 12.1 Å². The summed E-state index contributed by atoms with van der Waals surface area (Å²) in [5.41, 5.74) is 6.40. The quantitative estimate of drug-likeness (QED) is 0.842. The van der Waals surface area contributed by atoms with E-state index < -0.39 is 0 Å². The number of rotatable bonds is 5. The van der Waals surface area contributed by atoms with Gasteiger partial charge in [-0.2, -0.15) is 0 Å². The van der Waals surface area contributed by atoms with E-state index in [0.717, 1.165) is 17.9 Å². The van der Waals surface area contributed by atoms with E-state index in [0.29, 0.717) is 12.5 Å². The lowest BCUT2D eigenvalue weighted by molar-refractivity contribution is 0.252. The van der Waals surface area contributed by atoms with Gasteiger partial charge in [0.1, 0.15) is 5.75 Å². The molecule has 0 aliphatic heterocycles. The molecule has 2 aromatic rings. The molecule has 21 heavy (non-hydrogen) atoms. The normalized spacial score (nSPS) is 11.8. The molecule has 0 amide bonds. The number of benzene rings is 2. The van der Waals surface area contributed by atoms with E-state index >= 15 is 0 Å². The molecule has 0 aliphatic rings. The molecule has 2 heteroatoms. The van der Waals surface area contributed by atoms with Crippen LogP contribution in [-0.2, 0) is 0 Å². The van der Waals surface area contributed by atoms with Crippen molar-refractivity contribution in [1.29, 1.82) is 0 Å². The van der Waals surface area contributed by atoms with Crippen LogP contribution in [0.15, 0.2) is 36.4 Å². The zero-order valence-corrected chi connectivity index (χ0v) is 12.9. The molecule has 2 N–H and O–H groups in total. The Labute approximate surface area is 127 Å². The van der Waals surface area contributed by atoms with Crippen LogP contribution in [0.25, 0.3) is 10.8 Å². The molecule has 0 aromatic heterocycles. The van der Waals surface area contributed by atoms with E-state index in [-0.39, 0.29) is 0 Å². The lowest BCUT2D eigenvalue weighted by Gasteiger charge is -2.12. The lowest BCUT2D eigenvalue weighted by atomic mass is 10.1. The molecule has 2 rings (SSSR count). The van der Waals surface area contributed by atoms with Crippen LogP contribution in [0.4, 0.5) is 0 Å². The third-order valence-electron chi connectivity index (χ3n) is 3.46. The van der Waals surface area contributed by atoms with Crippen LogP contribution in [0.5, 0.6) is 5.75 Å². The van der Waals surface area contributed by atoms with Gasteiger partial charge in [0, 0.05) is 5.56 Å². The first-order valence-electron chi connectivity index (χ1n) is 7.58. The lowest BCUT2D eigenvalue weighted by Crippen LogP contribution is -2.07. The minimum atomic E-state index is 0.390. The molecule has 0 spiro atoms. The molecule has 2 nitrogen and oxygen atoms in total. The molecule has 110 valence electrons. The maximum Gasteiger partial charge on any atom is 0.119 e. The summed E-state index contributed by atoms with van der Waals surface area (Å²) in [6.45, 7) is 5.60. The van der Waals surface area contributed by atoms with Crippen molar-refractivity contribution in [3.05, 3.63) is 42.0 Å². The summed E-state index contributed by atoms with van der Waals surface area (Å²) in [5, 5.41) is 2.35. The number of hydrogen-bond donors (Lipinski definition) is 1. The summed E-state index contributed by atoms with van der Waals surface area (Å²) < 4.78 is 5.88. The number of hydrogen-bond acceptors (Lipinski definition) is 2. The molecule has 0 radical (unpaired) electrons. The summed E-state index contributed by atoms with van der Waals surface area (Å²) in [6, 6.07) is 12.4. The highest BCUT2D eigenvalue weighted by Gasteiger charge is 2.03. The summed E-state index contributed by atoms with van der Waals surface area (Å²) in [5.74, 6) is 7.47. The van der Waals surface area contributed by atoms with Crippen LogP contribution in [-0.4, -0.2) is 13.2 Å². The van der Waals surface area contributed by atoms with Crippen molar-refractivity contribution in [3.63, 3.8) is 0 Å². The van der Waals surface area contributed by atoms with E-state index in [1.165, 1.54) is 23.6 Å². The number of ether oxygens (including phenoxy) is 1. The van der Waals surface area contributed by atoms with E-state index in [2.05, 4.69) is 50.0 Å². The molecule has 1 unspecified atom stereocenters. The van der Waals surface area contributed by atoms with Gasteiger partial charge in [0.25, 0.3) is 0 Å². The summed E-state index contributed by atoms with van der Waals surface area (Å²) >= 11 is 0. The predicted octanol–water partition coefficient (Wildman–Crippen LogP) is 3.97. The van der Waals surface area contributed by atoms with Crippen LogP contribution < -0.4 is 10.5 Å². The van der Waals surface area contributed by atoms with Gasteiger partial charge in [-0.1, -0.05) is 44.2 Å². The Balaban J connectivity index is 2.11. The van der Waals surface area contributed by atoms with Gasteiger partial charge in [-0.3, -0.25) is 0 Å². The van der Waals surface area contributed by atoms with E-state index in [4.69, 9.17) is 10.5 Å². The van der Waals surface area contributed by atoms with Crippen LogP contribution >= 0.6 is 0 Å². The van der Waals surface area contributed by atoms with Crippen molar-refractivity contribution in [2.24, 2.45) is 11.7 Å². The molecule has 0 heterocycles. The molecule has 0 saturated carbocycles. The summed E-state index contributed by atoms with van der Waals surface area (Å²) in [4.78, 5) is 0. The van der Waals surface area contributed by atoms with Gasteiger partial charge in [0.15, 0.2) is 0 Å². The predicted molar refractivity (Wildman–Crippen MR) is 89.4 cm³/mol. The van der Waals surface area contributed by atoms with Crippen LogP contribution in [0.3, 0.4) is 0 Å². The van der Waals surface area contributed by atoms with Crippen LogP contribution in [0.2, 0.25) is 0 Å². The number of fused-ring (bicyclic) bond motifs is 1. The van der Waals surface area contributed by atoms with Gasteiger partial charge in [-0.05, 0) is 47.4 Å². The maximum absolute atomic E-state index is 5.88. The van der Waals surface area contributed by atoms with Crippen LogP contribution in [0.1, 0.15) is 32.3 Å². The fourth-order valence-electron chi connectivity index (χ4n) is 2.36. The second-order valence-corrected chi connectivity index (χ2v) is 5.43. The molecule has 1 atom stereocenters. The topological polar surface area (TPSA) is 35.2 Å². The van der Waals surface area contributed by atoms with E-state index in [1.54, 1.807) is 0 Å². The highest BCUT2D eigenvalue weighted by molar-refractivity contribution is 5.85. The highest BCUT2D eigenvalue weighted by Crippen LogP contribution is 2.22. The minimum absolute atomic E-state index is 0.390. The van der Waals surface area contributed by atoms with Crippen LogP contribution in [0, 0.1) is 17.8 Å². The largest absolute Gasteiger partial charge is 0.493 e. The number of nitrogens with two attached hydrogens (primary N) is 1. The highest BCUT2D eigenvalue weighted by atomic mass is 16.5. The molecule has 2 aromatic carbocycles. The van der Waals surface area contributed by atoms with Gasteiger partial charge >= 0.3 is 0 Å². The first-order valence-corrected chi connectivity index (χ1v) is 7.58. The van der Waals surface area contributed by atoms with Gasteiger partial charge < -0.3 is 10.5 Å².